The van der Waals surface area contributed by atoms with E-state index in [4.69, 9.17) is 5.11 Å². The van der Waals surface area contributed by atoms with Crippen molar-refractivity contribution in [1.29, 1.82) is 0 Å². The fraction of sp³-hybridized carbons (Fsp3) is 0.600. The second kappa shape index (κ2) is 5.72. The summed E-state index contributed by atoms with van der Waals surface area (Å²) in [4.78, 5) is 24.8. The lowest BCUT2D eigenvalue weighted by Crippen LogP contribution is -2.36. The average Bonchev–Trinajstić information content (AvgIpc) is 2.70. The number of carbonyl (C=O) groups is 2. The van der Waals surface area contributed by atoms with Crippen LogP contribution in [-0.4, -0.2) is 44.6 Å². The maximum absolute atomic E-state index is 12.1. The molecule has 1 N–H and O–H groups in total. The summed E-state index contributed by atoms with van der Waals surface area (Å²) >= 11 is 1.04. The van der Waals surface area contributed by atoms with Crippen LogP contribution >= 0.6 is 11.5 Å². The zero-order valence-electron chi connectivity index (χ0n) is 10.0. The number of amides is 1. The van der Waals surface area contributed by atoms with Crippen LogP contribution in [0.25, 0.3) is 0 Å². The number of aliphatic carboxylic acids is 1. The van der Waals surface area contributed by atoms with Gasteiger partial charge in [0.1, 0.15) is 4.88 Å². The normalized spacial score (nSPS) is 12.2. The lowest BCUT2D eigenvalue weighted by molar-refractivity contribution is -0.141. The first-order chi connectivity index (χ1) is 7.97. The van der Waals surface area contributed by atoms with Crippen molar-refractivity contribution in [2.75, 3.05) is 13.1 Å². The Balaban J connectivity index is 2.78. The quantitative estimate of drug-likeness (QED) is 0.851. The van der Waals surface area contributed by atoms with Gasteiger partial charge in [0, 0.05) is 13.1 Å². The minimum atomic E-state index is -0.907. The number of nitrogens with zero attached hydrogens (tertiary/aromatic N) is 3. The van der Waals surface area contributed by atoms with Gasteiger partial charge in [-0.15, -0.1) is 5.10 Å². The van der Waals surface area contributed by atoms with Gasteiger partial charge >= 0.3 is 5.97 Å². The van der Waals surface area contributed by atoms with Crippen molar-refractivity contribution in [2.24, 2.45) is 5.92 Å². The Bertz CT molecular complexity index is 419. The first kappa shape index (κ1) is 13.6. The predicted octanol–water partition coefficient (Wildman–Crippen LogP) is 1.03. The molecule has 0 aliphatic rings. The Morgan fingerprint density at radius 3 is 2.59 bits per heavy atom. The van der Waals surface area contributed by atoms with Gasteiger partial charge in [-0.05, 0) is 25.4 Å². The molecular formula is C10H15N3O3S. The number of carboxylic acid groups (broad SMARTS) is 1. The maximum Gasteiger partial charge on any atom is 0.308 e. The van der Waals surface area contributed by atoms with Crippen LogP contribution in [0.5, 0.6) is 0 Å². The summed E-state index contributed by atoms with van der Waals surface area (Å²) in [5, 5.41) is 12.6. The highest BCUT2D eigenvalue weighted by Crippen LogP contribution is 2.13. The van der Waals surface area contributed by atoms with E-state index in [1.54, 1.807) is 13.8 Å². The van der Waals surface area contributed by atoms with Crippen molar-refractivity contribution >= 4 is 23.4 Å². The third-order valence-corrected chi connectivity index (χ3v) is 3.25. The molecule has 0 bridgehead atoms. The minimum Gasteiger partial charge on any atom is -0.481 e. The summed E-state index contributed by atoms with van der Waals surface area (Å²) in [5.74, 6) is -1.69. The Labute approximate surface area is 103 Å². The zero-order valence-corrected chi connectivity index (χ0v) is 10.8. The molecule has 1 aromatic rings. The molecule has 17 heavy (non-hydrogen) atoms. The summed E-state index contributed by atoms with van der Waals surface area (Å²) in [6.45, 7) is 5.77. The summed E-state index contributed by atoms with van der Waals surface area (Å²) in [6.07, 6.45) is 0. The molecule has 0 aromatic carbocycles. The van der Waals surface area contributed by atoms with E-state index in [0.717, 1.165) is 11.5 Å². The van der Waals surface area contributed by atoms with Crippen LogP contribution in [0, 0.1) is 12.8 Å². The fourth-order valence-electron chi connectivity index (χ4n) is 1.34. The molecule has 1 aromatic heterocycles. The third-order valence-electron chi connectivity index (χ3n) is 2.43. The van der Waals surface area contributed by atoms with Crippen molar-refractivity contribution in [3.8, 4) is 0 Å². The van der Waals surface area contributed by atoms with Gasteiger partial charge in [0.05, 0.1) is 11.6 Å². The largest absolute Gasteiger partial charge is 0.481 e. The van der Waals surface area contributed by atoms with Crippen molar-refractivity contribution in [2.45, 2.75) is 20.8 Å². The molecule has 0 aliphatic carbocycles. The third kappa shape index (κ3) is 3.23. The van der Waals surface area contributed by atoms with Crippen LogP contribution in [0.3, 0.4) is 0 Å². The summed E-state index contributed by atoms with van der Waals surface area (Å²) in [6, 6.07) is 0. The topological polar surface area (TPSA) is 83.4 Å². The van der Waals surface area contributed by atoms with Gasteiger partial charge in [0.25, 0.3) is 5.91 Å². The summed E-state index contributed by atoms with van der Waals surface area (Å²) < 4.78 is 3.70. The second-order valence-corrected chi connectivity index (χ2v) is 4.52. The van der Waals surface area contributed by atoms with E-state index in [1.807, 2.05) is 6.92 Å². The Hall–Kier alpha value is -1.50. The second-order valence-electron chi connectivity index (χ2n) is 3.77. The van der Waals surface area contributed by atoms with Gasteiger partial charge < -0.3 is 10.0 Å². The van der Waals surface area contributed by atoms with Crippen molar-refractivity contribution in [3.63, 3.8) is 0 Å². The SMILES string of the molecule is CCN(CC(C)C(=O)O)C(=O)c1snnc1C. The highest BCUT2D eigenvalue weighted by molar-refractivity contribution is 7.07. The van der Waals surface area contributed by atoms with E-state index in [1.165, 1.54) is 4.90 Å². The van der Waals surface area contributed by atoms with Gasteiger partial charge in [-0.3, -0.25) is 9.59 Å². The molecule has 0 spiro atoms. The standard InChI is InChI=1S/C10H15N3O3S/c1-4-13(5-6(2)10(15)16)9(14)8-7(3)11-12-17-8/h6H,4-5H2,1-3H3,(H,15,16). The molecule has 0 saturated carbocycles. The molecule has 1 unspecified atom stereocenters. The van der Waals surface area contributed by atoms with Crippen molar-refractivity contribution in [1.82, 2.24) is 14.5 Å². The molecule has 94 valence electrons. The summed E-state index contributed by atoms with van der Waals surface area (Å²) in [7, 11) is 0. The molecule has 1 rings (SSSR count). The van der Waals surface area contributed by atoms with E-state index in [-0.39, 0.29) is 12.5 Å². The molecule has 0 saturated heterocycles. The number of carbonyl (C=O) groups excluding carboxylic acids is 1. The number of carboxylic acids is 1. The minimum absolute atomic E-state index is 0.196. The predicted molar refractivity (Wildman–Crippen MR) is 63.0 cm³/mol. The maximum atomic E-state index is 12.1. The van der Waals surface area contributed by atoms with E-state index in [2.05, 4.69) is 9.59 Å². The number of hydrogen-bond donors (Lipinski definition) is 1. The molecule has 1 heterocycles. The van der Waals surface area contributed by atoms with Crippen LogP contribution in [-0.2, 0) is 4.79 Å². The highest BCUT2D eigenvalue weighted by Gasteiger charge is 2.23. The van der Waals surface area contributed by atoms with Crippen LogP contribution in [0.15, 0.2) is 0 Å². The van der Waals surface area contributed by atoms with E-state index in [9.17, 15) is 9.59 Å². The summed E-state index contributed by atoms with van der Waals surface area (Å²) in [5.41, 5.74) is 0.585. The lowest BCUT2D eigenvalue weighted by Gasteiger charge is -2.22. The van der Waals surface area contributed by atoms with Crippen LogP contribution < -0.4 is 0 Å². The molecule has 0 radical (unpaired) electrons. The number of rotatable bonds is 5. The van der Waals surface area contributed by atoms with Crippen LogP contribution in [0.2, 0.25) is 0 Å². The van der Waals surface area contributed by atoms with E-state index in [0.29, 0.717) is 17.1 Å². The Morgan fingerprint density at radius 1 is 1.53 bits per heavy atom. The average molecular weight is 257 g/mol. The molecular weight excluding hydrogens is 242 g/mol. The molecule has 7 heteroatoms. The smallest absolute Gasteiger partial charge is 0.308 e. The lowest BCUT2D eigenvalue weighted by atomic mass is 10.1. The first-order valence-electron chi connectivity index (χ1n) is 5.28. The van der Waals surface area contributed by atoms with E-state index < -0.39 is 11.9 Å². The highest BCUT2D eigenvalue weighted by atomic mass is 32.1. The van der Waals surface area contributed by atoms with Gasteiger partial charge in [-0.2, -0.15) is 0 Å². The van der Waals surface area contributed by atoms with Gasteiger partial charge in [-0.1, -0.05) is 11.4 Å². The Morgan fingerprint density at radius 2 is 2.18 bits per heavy atom. The van der Waals surface area contributed by atoms with E-state index >= 15 is 0 Å². The molecule has 1 atom stereocenters. The first-order valence-corrected chi connectivity index (χ1v) is 6.05. The van der Waals surface area contributed by atoms with Crippen molar-refractivity contribution in [3.05, 3.63) is 10.6 Å². The van der Waals surface area contributed by atoms with Crippen LogP contribution in [0.1, 0.15) is 29.2 Å². The zero-order chi connectivity index (χ0) is 13.0. The number of aryl methyl sites for hydroxylation is 1. The van der Waals surface area contributed by atoms with Crippen molar-refractivity contribution < 1.29 is 14.7 Å². The molecule has 1 amide bonds. The van der Waals surface area contributed by atoms with Crippen LogP contribution in [0.4, 0.5) is 0 Å². The molecule has 6 nitrogen and oxygen atoms in total. The number of aromatic nitrogens is 2. The van der Waals surface area contributed by atoms with Gasteiger partial charge in [0.15, 0.2) is 0 Å². The Kier molecular flexibility index (Phi) is 4.56. The van der Waals surface area contributed by atoms with Gasteiger partial charge in [0.2, 0.25) is 0 Å². The fourth-order valence-corrected chi connectivity index (χ4v) is 1.96. The molecule has 0 aliphatic heterocycles. The monoisotopic (exact) mass is 257 g/mol. The molecule has 0 fully saturated rings. The van der Waals surface area contributed by atoms with Gasteiger partial charge in [-0.25, -0.2) is 0 Å². The number of hydrogen-bond acceptors (Lipinski definition) is 5.